The molecule has 0 aromatic heterocycles. The van der Waals surface area contributed by atoms with Crippen molar-refractivity contribution in [1.82, 2.24) is 0 Å². The van der Waals surface area contributed by atoms with E-state index in [4.69, 9.17) is 24.7 Å². The molecule has 0 spiro atoms. The van der Waals surface area contributed by atoms with Gasteiger partial charge in [-0.05, 0) is 36.4 Å². The maximum absolute atomic E-state index is 6.15. The molecule has 0 radical (unpaired) electrons. The van der Waals surface area contributed by atoms with Crippen LogP contribution in [0.3, 0.4) is 0 Å². The summed E-state index contributed by atoms with van der Waals surface area (Å²) in [5.74, 6) is 0.279. The first-order chi connectivity index (χ1) is 13.3. The lowest BCUT2D eigenvalue weighted by atomic mass is 10.3. The molecule has 5 heteroatoms. The second-order valence-electron chi connectivity index (χ2n) is 5.77. The fourth-order valence-electron chi connectivity index (χ4n) is 2.44. The van der Waals surface area contributed by atoms with E-state index in [0.29, 0.717) is 30.4 Å². The number of hydrogen-bond donors (Lipinski definition) is 1. The third-order valence-electron chi connectivity index (χ3n) is 3.59. The molecular formula is C22H23NO4. The molecule has 0 aliphatic carbocycles. The molecule has 3 aromatic carbocycles. The molecule has 3 aromatic rings. The molecule has 3 rings (SSSR count). The Morgan fingerprint density at radius 2 is 0.963 bits per heavy atom. The number of benzene rings is 3. The maximum Gasteiger partial charge on any atom is 0.442 e. The van der Waals surface area contributed by atoms with E-state index in [-0.39, 0.29) is 6.61 Å². The van der Waals surface area contributed by atoms with Gasteiger partial charge in [-0.15, -0.1) is 0 Å². The minimum atomic E-state index is -1.51. The van der Waals surface area contributed by atoms with Crippen LogP contribution >= 0.6 is 0 Å². The average Bonchev–Trinajstić information content (AvgIpc) is 2.70. The monoisotopic (exact) mass is 365 g/mol. The van der Waals surface area contributed by atoms with Gasteiger partial charge in [-0.2, -0.15) is 0 Å². The number of nitrogens with two attached hydrogens (primary N) is 1. The van der Waals surface area contributed by atoms with E-state index in [1.54, 1.807) is 0 Å². The Morgan fingerprint density at radius 1 is 0.593 bits per heavy atom. The molecule has 0 aliphatic heterocycles. The first-order valence-electron chi connectivity index (χ1n) is 8.80. The minimum absolute atomic E-state index is 0.0306. The van der Waals surface area contributed by atoms with Crippen molar-refractivity contribution in [3.05, 3.63) is 91.0 Å². The Balaban J connectivity index is 1.93. The summed E-state index contributed by atoms with van der Waals surface area (Å²) in [4.78, 5) is 0. The molecule has 27 heavy (non-hydrogen) atoms. The Bertz CT molecular complexity index is 680. The van der Waals surface area contributed by atoms with Crippen molar-refractivity contribution in [3.8, 4) is 17.2 Å². The Labute approximate surface area is 159 Å². The van der Waals surface area contributed by atoms with E-state index in [1.807, 2.05) is 91.0 Å². The maximum atomic E-state index is 6.15. The highest BCUT2D eigenvalue weighted by Crippen LogP contribution is 2.27. The fraction of sp³-hybridized carbons (Fsp3) is 0.182. The Hall–Kier alpha value is -3.02. The SMILES string of the molecule is NCCOCC(Oc1ccccc1)(Oc1ccccc1)Oc1ccccc1. The van der Waals surface area contributed by atoms with Gasteiger partial charge in [-0.25, -0.2) is 0 Å². The molecule has 0 atom stereocenters. The van der Waals surface area contributed by atoms with Gasteiger partial charge in [-0.3, -0.25) is 0 Å². The van der Waals surface area contributed by atoms with Crippen molar-refractivity contribution in [1.29, 1.82) is 0 Å². The van der Waals surface area contributed by atoms with Gasteiger partial charge in [0, 0.05) is 6.54 Å². The van der Waals surface area contributed by atoms with E-state index < -0.39 is 5.97 Å². The standard InChI is InChI=1S/C22H23NO4/c23-16-17-24-18-22(25-19-10-4-1-5-11-19,26-20-12-6-2-7-13-20)27-21-14-8-3-9-15-21/h1-15H,16-18,23H2. The predicted octanol–water partition coefficient (Wildman–Crippen LogP) is 3.85. The topological polar surface area (TPSA) is 62.9 Å². The summed E-state index contributed by atoms with van der Waals surface area (Å²) in [6.45, 7) is 0.775. The van der Waals surface area contributed by atoms with Gasteiger partial charge in [0.15, 0.2) is 6.61 Å². The smallest absolute Gasteiger partial charge is 0.419 e. The van der Waals surface area contributed by atoms with Gasteiger partial charge in [0.05, 0.1) is 6.61 Å². The highest BCUT2D eigenvalue weighted by molar-refractivity contribution is 5.26. The summed E-state index contributed by atoms with van der Waals surface area (Å²) in [7, 11) is 0. The van der Waals surface area contributed by atoms with Crippen molar-refractivity contribution in [3.63, 3.8) is 0 Å². The van der Waals surface area contributed by atoms with Crippen molar-refractivity contribution in [2.24, 2.45) is 5.73 Å². The van der Waals surface area contributed by atoms with E-state index in [2.05, 4.69) is 0 Å². The van der Waals surface area contributed by atoms with Gasteiger partial charge in [0.2, 0.25) is 0 Å². The van der Waals surface area contributed by atoms with Crippen LogP contribution in [0.15, 0.2) is 91.0 Å². The van der Waals surface area contributed by atoms with Crippen LogP contribution in [0.5, 0.6) is 17.2 Å². The largest absolute Gasteiger partial charge is 0.442 e. The lowest BCUT2D eigenvalue weighted by molar-refractivity contribution is -0.277. The zero-order valence-corrected chi connectivity index (χ0v) is 15.0. The normalized spacial score (nSPS) is 11.0. The molecular weight excluding hydrogens is 342 g/mol. The van der Waals surface area contributed by atoms with Crippen LogP contribution < -0.4 is 19.9 Å². The molecule has 0 saturated heterocycles. The summed E-state index contributed by atoms with van der Waals surface area (Å²) in [5, 5.41) is 0. The van der Waals surface area contributed by atoms with Gasteiger partial charge < -0.3 is 24.7 Å². The molecule has 0 heterocycles. The molecule has 0 fully saturated rings. The number of hydrogen-bond acceptors (Lipinski definition) is 5. The number of para-hydroxylation sites is 3. The number of ether oxygens (including phenoxy) is 4. The molecule has 140 valence electrons. The van der Waals surface area contributed by atoms with E-state index in [0.717, 1.165) is 0 Å². The third kappa shape index (κ3) is 5.74. The van der Waals surface area contributed by atoms with Crippen LogP contribution in [0.2, 0.25) is 0 Å². The molecule has 0 amide bonds. The van der Waals surface area contributed by atoms with Crippen LogP contribution in [0.4, 0.5) is 0 Å². The molecule has 5 nitrogen and oxygen atoms in total. The van der Waals surface area contributed by atoms with Crippen LogP contribution in [0.1, 0.15) is 0 Å². The van der Waals surface area contributed by atoms with Crippen LogP contribution in [0, 0.1) is 0 Å². The predicted molar refractivity (Wildman–Crippen MR) is 104 cm³/mol. The highest BCUT2D eigenvalue weighted by atomic mass is 16.9. The summed E-state index contributed by atoms with van der Waals surface area (Å²) in [6, 6.07) is 28.0. The third-order valence-corrected chi connectivity index (χ3v) is 3.59. The Kier molecular flexibility index (Phi) is 6.68. The summed E-state index contributed by atoms with van der Waals surface area (Å²) in [6.07, 6.45) is 0. The summed E-state index contributed by atoms with van der Waals surface area (Å²) in [5.41, 5.74) is 5.57. The fourth-order valence-corrected chi connectivity index (χ4v) is 2.44. The average molecular weight is 365 g/mol. The van der Waals surface area contributed by atoms with Crippen molar-refractivity contribution < 1.29 is 18.9 Å². The second-order valence-corrected chi connectivity index (χ2v) is 5.77. The van der Waals surface area contributed by atoms with Gasteiger partial charge in [-0.1, -0.05) is 54.6 Å². The zero-order valence-electron chi connectivity index (χ0n) is 15.0. The van der Waals surface area contributed by atoms with Gasteiger partial charge >= 0.3 is 5.97 Å². The minimum Gasteiger partial charge on any atom is -0.419 e. The van der Waals surface area contributed by atoms with Crippen LogP contribution in [-0.4, -0.2) is 25.7 Å². The zero-order chi connectivity index (χ0) is 18.8. The van der Waals surface area contributed by atoms with Gasteiger partial charge in [0.1, 0.15) is 17.2 Å². The Morgan fingerprint density at radius 3 is 1.30 bits per heavy atom. The quantitative estimate of drug-likeness (QED) is 0.437. The van der Waals surface area contributed by atoms with E-state index in [1.165, 1.54) is 0 Å². The lowest BCUT2D eigenvalue weighted by Crippen LogP contribution is -2.52. The van der Waals surface area contributed by atoms with Crippen LogP contribution in [0.25, 0.3) is 0 Å². The highest BCUT2D eigenvalue weighted by Gasteiger charge is 2.39. The van der Waals surface area contributed by atoms with Crippen molar-refractivity contribution >= 4 is 0 Å². The first kappa shape index (κ1) is 18.8. The van der Waals surface area contributed by atoms with Crippen molar-refractivity contribution in [2.75, 3.05) is 19.8 Å². The summed E-state index contributed by atoms with van der Waals surface area (Å²) < 4.78 is 24.1. The molecule has 0 bridgehead atoms. The summed E-state index contributed by atoms with van der Waals surface area (Å²) >= 11 is 0. The van der Waals surface area contributed by atoms with Crippen molar-refractivity contribution in [2.45, 2.75) is 5.97 Å². The lowest BCUT2D eigenvalue weighted by Gasteiger charge is -2.33. The molecule has 2 N–H and O–H groups in total. The second kappa shape index (κ2) is 9.62. The molecule has 0 aliphatic rings. The van der Waals surface area contributed by atoms with E-state index in [9.17, 15) is 0 Å². The molecule has 0 unspecified atom stereocenters. The van der Waals surface area contributed by atoms with Crippen LogP contribution in [-0.2, 0) is 4.74 Å². The molecule has 0 saturated carbocycles. The first-order valence-corrected chi connectivity index (χ1v) is 8.80. The number of rotatable bonds is 10. The van der Waals surface area contributed by atoms with E-state index >= 15 is 0 Å². The van der Waals surface area contributed by atoms with Gasteiger partial charge in [0.25, 0.3) is 0 Å².